The van der Waals surface area contributed by atoms with Crippen molar-refractivity contribution in [2.75, 3.05) is 13.6 Å². The minimum Gasteiger partial charge on any atom is -0.412 e. The highest BCUT2D eigenvalue weighted by atomic mass is 35.5. The van der Waals surface area contributed by atoms with Crippen LogP contribution in [-0.4, -0.2) is 29.7 Å². The molecule has 5 heteroatoms. The van der Waals surface area contributed by atoms with Gasteiger partial charge in [-0.2, -0.15) is 0 Å². The Hall–Kier alpha value is -0.870. The Morgan fingerprint density at radius 2 is 2.14 bits per heavy atom. The van der Waals surface area contributed by atoms with Crippen LogP contribution in [0.3, 0.4) is 0 Å². The number of hydrogen-bond acceptors (Lipinski definition) is 3. The van der Waals surface area contributed by atoms with E-state index >= 15 is 0 Å². The van der Waals surface area contributed by atoms with E-state index in [1.54, 1.807) is 26.0 Å². The van der Waals surface area contributed by atoms with Crippen molar-refractivity contribution in [3.8, 4) is 0 Å². The first-order chi connectivity index (χ1) is 6.41. The zero-order valence-corrected chi connectivity index (χ0v) is 9.56. The van der Waals surface area contributed by atoms with Gasteiger partial charge in [0.05, 0.1) is 0 Å². The van der Waals surface area contributed by atoms with E-state index in [-0.39, 0.29) is 5.84 Å². The number of allylic oxidation sites excluding steroid dienone is 1. The molecule has 0 aromatic heterocycles. The van der Waals surface area contributed by atoms with Gasteiger partial charge in [-0.3, -0.25) is 5.41 Å². The van der Waals surface area contributed by atoms with Crippen molar-refractivity contribution >= 4 is 22.6 Å². The summed E-state index contributed by atoms with van der Waals surface area (Å²) in [5.74, 6) is 0.835. The standard InChI is InChI=1S/C9H16ClN3O/c1-7(2)14-13(4)6-5-9(10)12-8(3)11/h11H,1,5-6H2,2-4H3. The number of halogens is 1. The SMILES string of the molecule is C=C(C)ON(C)CCC(Cl)=NC(C)=N. The Morgan fingerprint density at radius 1 is 1.57 bits per heavy atom. The van der Waals surface area contributed by atoms with E-state index in [1.807, 2.05) is 0 Å². The van der Waals surface area contributed by atoms with Gasteiger partial charge in [-0.05, 0) is 13.8 Å². The summed E-state index contributed by atoms with van der Waals surface area (Å²) in [6, 6.07) is 0. The molecule has 0 rings (SSSR count). The van der Waals surface area contributed by atoms with Crippen molar-refractivity contribution in [3.63, 3.8) is 0 Å². The maximum atomic E-state index is 7.09. The lowest BCUT2D eigenvalue weighted by Gasteiger charge is -2.16. The second-order valence-corrected chi connectivity index (χ2v) is 3.40. The zero-order valence-electron chi connectivity index (χ0n) is 8.80. The fourth-order valence-corrected chi connectivity index (χ4v) is 1.01. The number of hydrogen-bond donors (Lipinski definition) is 1. The molecule has 14 heavy (non-hydrogen) atoms. The monoisotopic (exact) mass is 217 g/mol. The van der Waals surface area contributed by atoms with Crippen molar-refractivity contribution in [2.45, 2.75) is 20.3 Å². The first-order valence-corrected chi connectivity index (χ1v) is 4.62. The van der Waals surface area contributed by atoms with Crippen molar-refractivity contribution < 1.29 is 4.84 Å². The summed E-state index contributed by atoms with van der Waals surface area (Å²) >= 11 is 5.76. The molecule has 1 N–H and O–H groups in total. The van der Waals surface area contributed by atoms with E-state index in [2.05, 4.69) is 11.6 Å². The summed E-state index contributed by atoms with van der Waals surface area (Å²) in [6.45, 7) is 7.57. The van der Waals surface area contributed by atoms with Crippen LogP contribution >= 0.6 is 11.6 Å². The third-order valence-electron chi connectivity index (χ3n) is 1.23. The molecule has 0 fully saturated rings. The highest BCUT2D eigenvalue weighted by Gasteiger charge is 2.01. The molecule has 0 heterocycles. The number of aliphatic imine (C=N–C) groups is 1. The second-order valence-electron chi connectivity index (χ2n) is 2.97. The van der Waals surface area contributed by atoms with Gasteiger partial charge in [-0.15, -0.1) is 5.06 Å². The van der Waals surface area contributed by atoms with E-state index in [0.29, 0.717) is 23.9 Å². The fraction of sp³-hybridized carbons (Fsp3) is 0.556. The Bertz CT molecular complexity index is 250. The summed E-state index contributed by atoms with van der Waals surface area (Å²) in [5, 5.41) is 9.13. The summed E-state index contributed by atoms with van der Waals surface area (Å²) in [5.41, 5.74) is 0. The Balaban J connectivity index is 3.82. The van der Waals surface area contributed by atoms with E-state index in [1.165, 1.54) is 0 Å². The molecule has 0 radical (unpaired) electrons. The lowest BCUT2D eigenvalue weighted by molar-refractivity contribution is -0.0932. The molecule has 4 nitrogen and oxygen atoms in total. The molecule has 0 aliphatic rings. The molecular formula is C9H16ClN3O. The van der Waals surface area contributed by atoms with Crippen LogP contribution in [-0.2, 0) is 4.84 Å². The van der Waals surface area contributed by atoms with Crippen LogP contribution in [0, 0.1) is 5.41 Å². The fourth-order valence-electron chi connectivity index (χ4n) is 0.799. The van der Waals surface area contributed by atoms with Gasteiger partial charge in [0, 0.05) is 20.0 Å². The topological polar surface area (TPSA) is 48.7 Å². The number of nitrogens with one attached hydrogen (secondary N) is 1. The van der Waals surface area contributed by atoms with Gasteiger partial charge < -0.3 is 4.84 Å². The van der Waals surface area contributed by atoms with Crippen LogP contribution in [0.1, 0.15) is 20.3 Å². The van der Waals surface area contributed by atoms with E-state index in [0.717, 1.165) is 0 Å². The molecular weight excluding hydrogens is 202 g/mol. The summed E-state index contributed by atoms with van der Waals surface area (Å²) in [7, 11) is 1.79. The molecule has 0 aliphatic heterocycles. The first kappa shape index (κ1) is 13.1. The van der Waals surface area contributed by atoms with E-state index < -0.39 is 0 Å². The lowest BCUT2D eigenvalue weighted by Crippen LogP contribution is -2.20. The van der Waals surface area contributed by atoms with E-state index in [9.17, 15) is 0 Å². The normalized spacial score (nSPS) is 11.6. The minimum atomic E-state index is 0.207. The summed E-state index contributed by atoms with van der Waals surface area (Å²) < 4.78 is 0. The maximum Gasteiger partial charge on any atom is 0.118 e. The van der Waals surface area contributed by atoms with Gasteiger partial charge in [0.2, 0.25) is 0 Å². The van der Waals surface area contributed by atoms with Gasteiger partial charge in [0.15, 0.2) is 0 Å². The number of amidine groups is 1. The van der Waals surface area contributed by atoms with Gasteiger partial charge in [-0.1, -0.05) is 18.2 Å². The first-order valence-electron chi connectivity index (χ1n) is 4.24. The average molecular weight is 218 g/mol. The molecule has 0 aromatic carbocycles. The molecule has 0 aromatic rings. The zero-order chi connectivity index (χ0) is 11.1. The lowest BCUT2D eigenvalue weighted by atomic mass is 10.4. The van der Waals surface area contributed by atoms with Crippen LogP contribution in [0.25, 0.3) is 0 Å². The average Bonchev–Trinajstić information content (AvgIpc) is 1.98. The number of hydroxylamine groups is 2. The van der Waals surface area contributed by atoms with Crippen molar-refractivity contribution in [3.05, 3.63) is 12.3 Å². The van der Waals surface area contributed by atoms with E-state index in [4.69, 9.17) is 21.8 Å². The molecule has 0 unspecified atom stereocenters. The third-order valence-corrected chi connectivity index (χ3v) is 1.51. The third kappa shape index (κ3) is 7.76. The highest BCUT2D eigenvalue weighted by molar-refractivity contribution is 6.66. The highest BCUT2D eigenvalue weighted by Crippen LogP contribution is 2.00. The molecule has 0 aliphatic carbocycles. The molecule has 0 saturated heterocycles. The van der Waals surface area contributed by atoms with Gasteiger partial charge in [0.1, 0.15) is 16.8 Å². The largest absolute Gasteiger partial charge is 0.412 e. The van der Waals surface area contributed by atoms with Crippen molar-refractivity contribution in [2.24, 2.45) is 4.99 Å². The van der Waals surface area contributed by atoms with Gasteiger partial charge >= 0.3 is 0 Å². The van der Waals surface area contributed by atoms with Crippen LogP contribution in [0.5, 0.6) is 0 Å². The van der Waals surface area contributed by atoms with Crippen LogP contribution in [0.15, 0.2) is 17.3 Å². The Labute approximate surface area is 89.7 Å². The number of rotatable bonds is 5. The molecule has 0 spiro atoms. The quantitative estimate of drug-likeness (QED) is 0.333. The van der Waals surface area contributed by atoms with Crippen molar-refractivity contribution in [1.82, 2.24) is 5.06 Å². The molecule has 0 atom stereocenters. The van der Waals surface area contributed by atoms with Crippen LogP contribution in [0.2, 0.25) is 0 Å². The Morgan fingerprint density at radius 3 is 2.57 bits per heavy atom. The molecule has 0 amide bonds. The van der Waals surface area contributed by atoms with Crippen LogP contribution < -0.4 is 0 Å². The van der Waals surface area contributed by atoms with Crippen molar-refractivity contribution in [1.29, 1.82) is 5.41 Å². The summed E-state index contributed by atoms with van der Waals surface area (Å²) in [4.78, 5) is 8.97. The minimum absolute atomic E-state index is 0.207. The molecule has 0 bridgehead atoms. The smallest absolute Gasteiger partial charge is 0.118 e. The Kier molecular flexibility index (Phi) is 6.16. The van der Waals surface area contributed by atoms with Crippen LogP contribution in [0.4, 0.5) is 0 Å². The predicted molar refractivity (Wildman–Crippen MR) is 59.8 cm³/mol. The maximum absolute atomic E-state index is 7.09. The molecule has 0 saturated carbocycles. The van der Waals surface area contributed by atoms with Gasteiger partial charge in [-0.25, -0.2) is 4.99 Å². The van der Waals surface area contributed by atoms with Gasteiger partial charge in [0.25, 0.3) is 0 Å². The molecule has 80 valence electrons. The predicted octanol–water partition coefficient (Wildman–Crippen LogP) is 2.41. The summed E-state index contributed by atoms with van der Waals surface area (Å²) in [6.07, 6.45) is 0.557. The second kappa shape index (κ2) is 6.56. The number of nitrogens with zero attached hydrogens (tertiary/aromatic N) is 2.